The van der Waals surface area contributed by atoms with Crippen molar-refractivity contribution in [3.8, 4) is 5.75 Å². The Morgan fingerprint density at radius 3 is 2.75 bits per heavy atom. The van der Waals surface area contributed by atoms with E-state index in [0.717, 1.165) is 5.56 Å². The Kier molecular flexibility index (Phi) is 4.29. The van der Waals surface area contributed by atoms with Crippen molar-refractivity contribution in [3.05, 3.63) is 27.5 Å². The molecule has 0 saturated carbocycles. The molecule has 1 N–H and O–H groups in total. The van der Waals surface area contributed by atoms with Gasteiger partial charge in [-0.25, -0.2) is 4.39 Å². The smallest absolute Gasteiger partial charge is 0.303 e. The van der Waals surface area contributed by atoms with Gasteiger partial charge in [0.05, 0.1) is 7.11 Å². The molecule has 0 bridgehead atoms. The molecule has 1 rings (SSSR count). The van der Waals surface area contributed by atoms with E-state index in [1.807, 2.05) is 0 Å². The quantitative estimate of drug-likeness (QED) is 0.927. The highest BCUT2D eigenvalue weighted by Crippen LogP contribution is 2.32. The number of hydrogen-bond donors (Lipinski definition) is 1. The standard InChI is InChI=1S/C11H12BrFO3/c1-6-7(3-4-10(14)15)11(16-2)9(13)5-8(6)12/h5H,3-4H2,1-2H3,(H,14,15). The molecular weight excluding hydrogens is 279 g/mol. The van der Waals surface area contributed by atoms with Gasteiger partial charge in [0.1, 0.15) is 0 Å². The van der Waals surface area contributed by atoms with Gasteiger partial charge in [0.25, 0.3) is 0 Å². The number of aliphatic carboxylic acids is 1. The maximum absolute atomic E-state index is 13.5. The van der Waals surface area contributed by atoms with Gasteiger partial charge in [-0.2, -0.15) is 0 Å². The topological polar surface area (TPSA) is 46.5 Å². The van der Waals surface area contributed by atoms with Crippen LogP contribution in [0, 0.1) is 12.7 Å². The summed E-state index contributed by atoms with van der Waals surface area (Å²) in [6, 6.07) is 1.32. The molecule has 3 nitrogen and oxygen atoms in total. The average molecular weight is 291 g/mol. The largest absolute Gasteiger partial charge is 0.493 e. The summed E-state index contributed by atoms with van der Waals surface area (Å²) < 4.78 is 19.1. The number of rotatable bonds is 4. The second-order valence-electron chi connectivity index (χ2n) is 3.37. The van der Waals surface area contributed by atoms with Crippen molar-refractivity contribution in [3.63, 3.8) is 0 Å². The molecule has 0 spiro atoms. The van der Waals surface area contributed by atoms with E-state index in [0.29, 0.717) is 10.0 Å². The molecule has 0 aliphatic heterocycles. The Labute approximate surface area is 101 Å². The van der Waals surface area contributed by atoms with E-state index >= 15 is 0 Å². The highest BCUT2D eigenvalue weighted by molar-refractivity contribution is 9.10. The van der Waals surface area contributed by atoms with Crippen LogP contribution in [0.4, 0.5) is 4.39 Å². The highest BCUT2D eigenvalue weighted by atomic mass is 79.9. The summed E-state index contributed by atoms with van der Waals surface area (Å²) in [6.45, 7) is 1.79. The van der Waals surface area contributed by atoms with Gasteiger partial charge in [0.15, 0.2) is 11.6 Å². The lowest BCUT2D eigenvalue weighted by Gasteiger charge is -2.13. The Hall–Kier alpha value is -1.10. The van der Waals surface area contributed by atoms with Crippen LogP contribution in [0.15, 0.2) is 10.5 Å². The third kappa shape index (κ3) is 2.72. The lowest BCUT2D eigenvalue weighted by Crippen LogP contribution is -2.03. The molecule has 0 amide bonds. The summed E-state index contributed by atoms with van der Waals surface area (Å²) in [5.74, 6) is -1.27. The first-order chi connectivity index (χ1) is 7.47. The van der Waals surface area contributed by atoms with Crippen LogP contribution in [-0.4, -0.2) is 18.2 Å². The lowest BCUT2D eigenvalue weighted by atomic mass is 10.0. The number of halogens is 2. The van der Waals surface area contributed by atoms with E-state index in [1.165, 1.54) is 13.2 Å². The van der Waals surface area contributed by atoms with Crippen molar-refractivity contribution in [2.45, 2.75) is 19.8 Å². The van der Waals surface area contributed by atoms with E-state index in [-0.39, 0.29) is 18.6 Å². The van der Waals surface area contributed by atoms with Crippen LogP contribution in [-0.2, 0) is 11.2 Å². The van der Waals surface area contributed by atoms with Crippen LogP contribution in [0.1, 0.15) is 17.5 Å². The number of carboxylic acid groups (broad SMARTS) is 1. The van der Waals surface area contributed by atoms with E-state index in [9.17, 15) is 9.18 Å². The third-order valence-corrected chi connectivity index (χ3v) is 3.17. The van der Waals surface area contributed by atoms with Crippen molar-refractivity contribution in [2.24, 2.45) is 0 Å². The Balaban J connectivity index is 3.17. The fourth-order valence-corrected chi connectivity index (χ4v) is 1.94. The zero-order chi connectivity index (χ0) is 12.3. The Morgan fingerprint density at radius 1 is 1.62 bits per heavy atom. The SMILES string of the molecule is COc1c(F)cc(Br)c(C)c1CCC(=O)O. The predicted octanol–water partition coefficient (Wildman–Crippen LogP) is 2.92. The van der Waals surface area contributed by atoms with E-state index < -0.39 is 11.8 Å². The van der Waals surface area contributed by atoms with Gasteiger partial charge in [-0.15, -0.1) is 0 Å². The van der Waals surface area contributed by atoms with Gasteiger partial charge in [0, 0.05) is 16.5 Å². The molecule has 0 saturated heterocycles. The van der Waals surface area contributed by atoms with E-state index in [2.05, 4.69) is 15.9 Å². The van der Waals surface area contributed by atoms with Crippen molar-refractivity contribution in [1.82, 2.24) is 0 Å². The number of benzene rings is 1. The molecule has 0 aliphatic rings. The first kappa shape index (κ1) is 13.0. The maximum atomic E-state index is 13.5. The predicted molar refractivity (Wildman–Crippen MR) is 61.3 cm³/mol. The molecule has 88 valence electrons. The van der Waals surface area contributed by atoms with Crippen molar-refractivity contribution in [2.75, 3.05) is 7.11 Å². The number of ether oxygens (including phenoxy) is 1. The average Bonchev–Trinajstić information content (AvgIpc) is 2.20. The number of carboxylic acids is 1. The second kappa shape index (κ2) is 5.30. The summed E-state index contributed by atoms with van der Waals surface area (Å²) in [7, 11) is 1.37. The minimum absolute atomic E-state index is 0.0485. The third-order valence-electron chi connectivity index (χ3n) is 2.35. The van der Waals surface area contributed by atoms with E-state index in [1.54, 1.807) is 6.92 Å². The minimum Gasteiger partial charge on any atom is -0.493 e. The van der Waals surface area contributed by atoms with Crippen LogP contribution in [0.25, 0.3) is 0 Å². The fraction of sp³-hybridized carbons (Fsp3) is 0.364. The molecular formula is C11H12BrFO3. The molecule has 0 heterocycles. The highest BCUT2D eigenvalue weighted by Gasteiger charge is 2.16. The molecule has 5 heteroatoms. The molecule has 0 atom stereocenters. The maximum Gasteiger partial charge on any atom is 0.303 e. The monoisotopic (exact) mass is 290 g/mol. The van der Waals surface area contributed by atoms with Gasteiger partial charge < -0.3 is 9.84 Å². The zero-order valence-corrected chi connectivity index (χ0v) is 10.6. The fourth-order valence-electron chi connectivity index (χ4n) is 1.50. The van der Waals surface area contributed by atoms with Crippen LogP contribution in [0.5, 0.6) is 5.75 Å². The zero-order valence-electron chi connectivity index (χ0n) is 9.01. The summed E-state index contributed by atoms with van der Waals surface area (Å²) in [6.07, 6.45) is 0.202. The summed E-state index contributed by atoms with van der Waals surface area (Å²) in [4.78, 5) is 10.5. The molecule has 0 unspecified atom stereocenters. The molecule has 0 aliphatic carbocycles. The van der Waals surface area contributed by atoms with E-state index in [4.69, 9.17) is 9.84 Å². The van der Waals surface area contributed by atoms with Crippen LogP contribution >= 0.6 is 15.9 Å². The van der Waals surface area contributed by atoms with Crippen LogP contribution < -0.4 is 4.74 Å². The number of carbonyl (C=O) groups is 1. The minimum atomic E-state index is -0.915. The Morgan fingerprint density at radius 2 is 2.25 bits per heavy atom. The second-order valence-corrected chi connectivity index (χ2v) is 4.23. The van der Waals surface area contributed by atoms with Gasteiger partial charge in [-0.3, -0.25) is 4.79 Å². The lowest BCUT2D eigenvalue weighted by molar-refractivity contribution is -0.136. The number of hydrogen-bond acceptors (Lipinski definition) is 2. The van der Waals surface area contributed by atoms with Gasteiger partial charge in [0.2, 0.25) is 0 Å². The summed E-state index contributed by atoms with van der Waals surface area (Å²) >= 11 is 3.22. The first-order valence-electron chi connectivity index (χ1n) is 4.70. The van der Waals surface area contributed by atoms with Gasteiger partial charge in [-0.05, 0) is 25.0 Å². The summed E-state index contributed by atoms with van der Waals surface area (Å²) in [5.41, 5.74) is 1.40. The van der Waals surface area contributed by atoms with Gasteiger partial charge in [-0.1, -0.05) is 15.9 Å². The van der Waals surface area contributed by atoms with Crippen molar-refractivity contribution >= 4 is 21.9 Å². The van der Waals surface area contributed by atoms with Crippen LogP contribution in [0.2, 0.25) is 0 Å². The number of methoxy groups -OCH3 is 1. The molecule has 16 heavy (non-hydrogen) atoms. The molecule has 0 radical (unpaired) electrons. The molecule has 0 fully saturated rings. The van der Waals surface area contributed by atoms with Crippen LogP contribution in [0.3, 0.4) is 0 Å². The molecule has 1 aromatic carbocycles. The molecule has 0 aromatic heterocycles. The molecule has 1 aromatic rings. The van der Waals surface area contributed by atoms with Crippen molar-refractivity contribution < 1.29 is 19.0 Å². The normalized spacial score (nSPS) is 10.2. The Bertz CT molecular complexity index is 418. The van der Waals surface area contributed by atoms with Gasteiger partial charge >= 0.3 is 5.97 Å². The summed E-state index contributed by atoms with van der Waals surface area (Å²) in [5, 5.41) is 8.62. The first-order valence-corrected chi connectivity index (χ1v) is 5.50. The van der Waals surface area contributed by atoms with Crippen molar-refractivity contribution in [1.29, 1.82) is 0 Å².